The van der Waals surface area contributed by atoms with E-state index >= 15 is 0 Å². The van der Waals surface area contributed by atoms with Crippen molar-refractivity contribution >= 4 is 33.2 Å². The van der Waals surface area contributed by atoms with Crippen LogP contribution in [0.2, 0.25) is 0 Å². The minimum absolute atomic E-state index is 0.0323. The molecule has 1 aliphatic carbocycles. The Bertz CT molecular complexity index is 1210. The second-order valence-electron chi connectivity index (χ2n) is 7.67. The van der Waals surface area contributed by atoms with Gasteiger partial charge in [0, 0.05) is 23.4 Å². The first-order valence-electron chi connectivity index (χ1n) is 9.23. The highest BCUT2D eigenvalue weighted by molar-refractivity contribution is 7.18. The van der Waals surface area contributed by atoms with Crippen molar-refractivity contribution in [2.45, 2.75) is 45.1 Å². The Morgan fingerprint density at radius 3 is 2.62 bits per heavy atom. The van der Waals surface area contributed by atoms with Crippen LogP contribution in [0.15, 0.2) is 29.1 Å². The number of fused-ring (bicyclic) bond motifs is 3. The molecule has 2 heterocycles. The Balaban J connectivity index is 1.91. The van der Waals surface area contributed by atoms with Crippen LogP contribution in [0.5, 0.6) is 0 Å². The fourth-order valence-corrected chi connectivity index (χ4v) is 5.06. The van der Waals surface area contributed by atoms with Gasteiger partial charge in [-0.15, -0.1) is 11.3 Å². The zero-order chi connectivity index (χ0) is 20.9. The summed E-state index contributed by atoms with van der Waals surface area (Å²) in [5.41, 5.74) is -0.143. The van der Waals surface area contributed by atoms with Gasteiger partial charge in [-0.25, -0.2) is 9.78 Å². The van der Waals surface area contributed by atoms with E-state index < -0.39 is 16.4 Å². The van der Waals surface area contributed by atoms with Crippen molar-refractivity contribution in [3.63, 3.8) is 0 Å². The van der Waals surface area contributed by atoms with Gasteiger partial charge in [-0.2, -0.15) is 0 Å². The standard InChI is InChI=1S/C20H19N3O5S/c1-20(2,19(25)26)22-15(10-11-6-8-12(9-7-11)23(27)28)21-17-16(18(22)24)13-4-3-5-14(13)29-17/h6-9H,3-5,10H2,1-2H3,(H,25,26). The maximum atomic E-state index is 13.4. The molecule has 1 aliphatic rings. The molecule has 0 saturated carbocycles. The molecule has 0 aliphatic heterocycles. The predicted molar refractivity (Wildman–Crippen MR) is 109 cm³/mol. The van der Waals surface area contributed by atoms with Crippen LogP contribution in [0.4, 0.5) is 5.69 Å². The summed E-state index contributed by atoms with van der Waals surface area (Å²) in [6.45, 7) is 2.96. The van der Waals surface area contributed by atoms with Crippen molar-refractivity contribution in [1.29, 1.82) is 0 Å². The topological polar surface area (TPSA) is 115 Å². The molecule has 29 heavy (non-hydrogen) atoms. The molecule has 0 spiro atoms. The third-order valence-corrected chi connectivity index (χ3v) is 6.59. The second kappa shape index (κ2) is 6.77. The van der Waals surface area contributed by atoms with E-state index in [1.807, 2.05) is 0 Å². The zero-order valence-corrected chi connectivity index (χ0v) is 16.8. The monoisotopic (exact) mass is 413 g/mol. The average Bonchev–Trinajstić information content (AvgIpc) is 3.22. The number of carbonyl (C=O) groups is 1. The van der Waals surface area contributed by atoms with Crippen LogP contribution in [0.3, 0.4) is 0 Å². The van der Waals surface area contributed by atoms with Crippen molar-refractivity contribution in [2.24, 2.45) is 0 Å². The number of hydrogen-bond donors (Lipinski definition) is 1. The Labute approximate surface area is 169 Å². The van der Waals surface area contributed by atoms with Gasteiger partial charge in [-0.1, -0.05) is 12.1 Å². The van der Waals surface area contributed by atoms with Crippen molar-refractivity contribution in [3.05, 3.63) is 66.6 Å². The molecular weight excluding hydrogens is 394 g/mol. The molecule has 1 N–H and O–H groups in total. The summed E-state index contributed by atoms with van der Waals surface area (Å²) in [7, 11) is 0. The average molecular weight is 413 g/mol. The summed E-state index contributed by atoms with van der Waals surface area (Å²) in [6.07, 6.45) is 2.91. The van der Waals surface area contributed by atoms with Gasteiger partial charge in [0.15, 0.2) is 0 Å². The SMILES string of the molecule is CC(C)(C(=O)O)n1c(Cc2ccc([N+](=O)[O-])cc2)nc2sc3c(c2c1=O)CCC3. The Morgan fingerprint density at radius 1 is 1.31 bits per heavy atom. The number of aliphatic carboxylic acids is 1. The zero-order valence-electron chi connectivity index (χ0n) is 16.0. The number of hydrogen-bond acceptors (Lipinski definition) is 6. The Kier molecular flexibility index (Phi) is 4.49. The first kappa shape index (κ1) is 19.3. The summed E-state index contributed by atoms with van der Waals surface area (Å²) in [4.78, 5) is 42.2. The molecule has 0 radical (unpaired) electrons. The highest BCUT2D eigenvalue weighted by Crippen LogP contribution is 2.35. The van der Waals surface area contributed by atoms with E-state index in [1.54, 1.807) is 12.1 Å². The maximum absolute atomic E-state index is 13.4. The number of benzene rings is 1. The molecule has 0 atom stereocenters. The normalized spacial score (nSPS) is 13.6. The summed E-state index contributed by atoms with van der Waals surface area (Å²) in [5, 5.41) is 21.2. The first-order valence-corrected chi connectivity index (χ1v) is 10.0. The molecule has 150 valence electrons. The van der Waals surface area contributed by atoms with Crippen LogP contribution in [0.25, 0.3) is 10.2 Å². The van der Waals surface area contributed by atoms with Crippen molar-refractivity contribution < 1.29 is 14.8 Å². The van der Waals surface area contributed by atoms with Crippen LogP contribution < -0.4 is 5.56 Å². The maximum Gasteiger partial charge on any atom is 0.329 e. The highest BCUT2D eigenvalue weighted by Gasteiger charge is 2.35. The van der Waals surface area contributed by atoms with E-state index in [2.05, 4.69) is 4.98 Å². The molecular formula is C20H19N3O5S. The van der Waals surface area contributed by atoms with Crippen LogP contribution >= 0.6 is 11.3 Å². The molecule has 9 heteroatoms. The molecule has 1 aromatic carbocycles. The third-order valence-electron chi connectivity index (χ3n) is 5.40. The van der Waals surface area contributed by atoms with Gasteiger partial charge in [0.05, 0.1) is 10.3 Å². The molecule has 2 aromatic heterocycles. The molecule has 0 unspecified atom stereocenters. The largest absolute Gasteiger partial charge is 0.480 e. The van der Waals surface area contributed by atoms with Crippen LogP contribution in [-0.2, 0) is 29.6 Å². The van der Waals surface area contributed by atoms with Crippen LogP contribution in [0.1, 0.15) is 42.1 Å². The molecule has 0 bridgehead atoms. The lowest BCUT2D eigenvalue weighted by atomic mass is 10.0. The minimum Gasteiger partial charge on any atom is -0.480 e. The molecule has 0 saturated heterocycles. The first-order chi connectivity index (χ1) is 13.7. The van der Waals surface area contributed by atoms with Gasteiger partial charge in [-0.3, -0.25) is 19.5 Å². The Morgan fingerprint density at radius 2 is 2.00 bits per heavy atom. The van der Waals surface area contributed by atoms with Crippen molar-refractivity contribution in [3.8, 4) is 0 Å². The number of nitro groups is 1. The number of nitrogens with zero attached hydrogens (tertiary/aromatic N) is 3. The lowest BCUT2D eigenvalue weighted by Crippen LogP contribution is -2.45. The summed E-state index contributed by atoms with van der Waals surface area (Å²) >= 11 is 1.50. The minimum atomic E-state index is -1.48. The number of rotatable bonds is 5. The van der Waals surface area contributed by atoms with Crippen molar-refractivity contribution in [1.82, 2.24) is 9.55 Å². The molecule has 0 fully saturated rings. The third kappa shape index (κ3) is 3.11. The number of carboxylic acids is 1. The fraction of sp³-hybridized carbons (Fsp3) is 0.350. The quantitative estimate of drug-likeness (QED) is 0.507. The van der Waals surface area contributed by atoms with E-state index in [0.717, 1.165) is 29.7 Å². The van der Waals surface area contributed by atoms with E-state index in [1.165, 1.54) is 41.9 Å². The molecule has 8 nitrogen and oxygen atoms in total. The summed E-state index contributed by atoms with van der Waals surface area (Å²) < 4.78 is 1.27. The van der Waals surface area contributed by atoms with Crippen molar-refractivity contribution in [2.75, 3.05) is 0 Å². The number of aryl methyl sites for hydroxylation is 2. The summed E-state index contributed by atoms with van der Waals surface area (Å²) in [6, 6.07) is 5.97. The van der Waals surface area contributed by atoms with E-state index in [0.29, 0.717) is 21.6 Å². The number of non-ortho nitro benzene ring substituents is 1. The summed E-state index contributed by atoms with van der Waals surface area (Å²) in [5.74, 6) is -0.791. The lowest BCUT2D eigenvalue weighted by Gasteiger charge is -2.25. The second-order valence-corrected chi connectivity index (χ2v) is 8.75. The smallest absolute Gasteiger partial charge is 0.329 e. The number of carboxylic acid groups (broad SMARTS) is 1. The van der Waals surface area contributed by atoms with Crippen LogP contribution in [0, 0.1) is 10.1 Å². The van der Waals surface area contributed by atoms with Gasteiger partial charge >= 0.3 is 5.97 Å². The van der Waals surface area contributed by atoms with Gasteiger partial charge in [-0.05, 0) is 44.2 Å². The number of nitro benzene ring substituents is 1. The van der Waals surface area contributed by atoms with Gasteiger partial charge in [0.2, 0.25) is 0 Å². The fourth-order valence-electron chi connectivity index (χ4n) is 3.79. The number of thiophene rings is 1. The van der Waals surface area contributed by atoms with Gasteiger partial charge in [0.25, 0.3) is 11.2 Å². The lowest BCUT2D eigenvalue weighted by molar-refractivity contribution is -0.384. The predicted octanol–water partition coefficient (Wildman–Crippen LogP) is 3.27. The number of aromatic nitrogens is 2. The van der Waals surface area contributed by atoms with Crippen LogP contribution in [-0.4, -0.2) is 25.6 Å². The molecule has 0 amide bonds. The molecule has 4 rings (SSSR count). The van der Waals surface area contributed by atoms with Gasteiger partial charge in [0.1, 0.15) is 16.2 Å². The van der Waals surface area contributed by atoms with E-state index in [4.69, 9.17) is 0 Å². The Hall–Kier alpha value is -3.07. The van der Waals surface area contributed by atoms with E-state index in [-0.39, 0.29) is 17.7 Å². The highest BCUT2D eigenvalue weighted by atomic mass is 32.1. The molecule has 3 aromatic rings. The van der Waals surface area contributed by atoms with E-state index in [9.17, 15) is 24.8 Å². The van der Waals surface area contributed by atoms with Gasteiger partial charge < -0.3 is 5.11 Å².